The van der Waals surface area contributed by atoms with Crippen LogP contribution in [-0.4, -0.2) is 15.5 Å². The Balaban J connectivity index is 2.35. The molecule has 0 unspecified atom stereocenters. The van der Waals surface area contributed by atoms with E-state index in [1.165, 1.54) is 0 Å². The molecule has 0 radical (unpaired) electrons. The third kappa shape index (κ3) is 2.59. The van der Waals surface area contributed by atoms with Crippen LogP contribution in [0.1, 0.15) is 30.8 Å². The lowest BCUT2D eigenvalue weighted by atomic mass is 10.1. The van der Waals surface area contributed by atoms with E-state index >= 15 is 0 Å². The van der Waals surface area contributed by atoms with E-state index in [0.29, 0.717) is 6.42 Å². The topological polar surface area (TPSA) is 46.9 Å². The highest BCUT2D eigenvalue weighted by atomic mass is 16.1. The van der Waals surface area contributed by atoms with Gasteiger partial charge in [-0.05, 0) is 5.56 Å². The molecule has 4 heteroatoms. The molecule has 0 bridgehead atoms. The van der Waals surface area contributed by atoms with Crippen molar-refractivity contribution in [2.24, 2.45) is 7.05 Å². The summed E-state index contributed by atoms with van der Waals surface area (Å²) >= 11 is 0. The molecular formula is C14H17N3O. The quantitative estimate of drug-likeness (QED) is 0.893. The predicted octanol–water partition coefficient (Wildman–Crippen LogP) is 2.04. The van der Waals surface area contributed by atoms with E-state index in [2.05, 4.69) is 10.3 Å². The number of amides is 1. The number of aromatic nitrogens is 2. The molecule has 0 aliphatic heterocycles. The summed E-state index contributed by atoms with van der Waals surface area (Å²) in [7, 11) is 1.93. The Hall–Kier alpha value is -2.10. The first-order chi connectivity index (χ1) is 8.72. The fourth-order valence-electron chi connectivity index (χ4n) is 1.86. The van der Waals surface area contributed by atoms with Crippen molar-refractivity contribution >= 4 is 5.91 Å². The Morgan fingerprint density at radius 2 is 2.11 bits per heavy atom. The average molecular weight is 243 g/mol. The van der Waals surface area contributed by atoms with Crippen LogP contribution in [0, 0.1) is 0 Å². The Kier molecular flexibility index (Phi) is 3.77. The molecule has 1 amide bonds. The minimum Gasteiger partial charge on any atom is -0.342 e. The van der Waals surface area contributed by atoms with Crippen LogP contribution in [-0.2, 0) is 11.8 Å². The number of carbonyl (C=O) groups excluding carboxylic acids is 1. The first-order valence-electron chi connectivity index (χ1n) is 6.04. The van der Waals surface area contributed by atoms with Crippen molar-refractivity contribution in [3.63, 3.8) is 0 Å². The fourth-order valence-corrected chi connectivity index (χ4v) is 1.86. The van der Waals surface area contributed by atoms with E-state index in [1.54, 1.807) is 6.20 Å². The zero-order valence-corrected chi connectivity index (χ0v) is 10.6. The number of rotatable bonds is 4. The van der Waals surface area contributed by atoms with E-state index in [-0.39, 0.29) is 11.9 Å². The van der Waals surface area contributed by atoms with Gasteiger partial charge in [-0.2, -0.15) is 0 Å². The van der Waals surface area contributed by atoms with Crippen molar-refractivity contribution in [2.45, 2.75) is 19.4 Å². The summed E-state index contributed by atoms with van der Waals surface area (Å²) in [4.78, 5) is 16.0. The Morgan fingerprint density at radius 3 is 2.67 bits per heavy atom. The van der Waals surface area contributed by atoms with Gasteiger partial charge in [-0.3, -0.25) is 4.79 Å². The van der Waals surface area contributed by atoms with Gasteiger partial charge in [0.2, 0.25) is 5.91 Å². The second-order valence-corrected chi connectivity index (χ2v) is 4.16. The number of aryl methyl sites for hydroxylation is 1. The second kappa shape index (κ2) is 5.49. The molecule has 0 saturated heterocycles. The molecule has 0 aliphatic carbocycles. The summed E-state index contributed by atoms with van der Waals surface area (Å²) in [5.41, 5.74) is 1.04. The van der Waals surface area contributed by atoms with E-state index in [0.717, 1.165) is 11.4 Å². The molecule has 4 nitrogen and oxygen atoms in total. The van der Waals surface area contributed by atoms with Crippen LogP contribution in [0.3, 0.4) is 0 Å². The minimum absolute atomic E-state index is 0.0202. The van der Waals surface area contributed by atoms with Gasteiger partial charge in [-0.15, -0.1) is 0 Å². The second-order valence-electron chi connectivity index (χ2n) is 4.16. The molecule has 0 saturated carbocycles. The van der Waals surface area contributed by atoms with Gasteiger partial charge in [0.25, 0.3) is 0 Å². The molecule has 1 N–H and O–H groups in total. The zero-order valence-electron chi connectivity index (χ0n) is 10.6. The number of nitrogens with one attached hydrogen (secondary N) is 1. The summed E-state index contributed by atoms with van der Waals surface area (Å²) in [6, 6.07) is 9.68. The van der Waals surface area contributed by atoms with Gasteiger partial charge in [0, 0.05) is 25.9 Å². The maximum absolute atomic E-state index is 11.7. The number of hydrogen-bond donors (Lipinski definition) is 1. The van der Waals surface area contributed by atoms with Crippen LogP contribution in [0.2, 0.25) is 0 Å². The third-order valence-electron chi connectivity index (χ3n) is 2.88. The summed E-state index contributed by atoms with van der Waals surface area (Å²) in [5.74, 6) is 0.856. The fraction of sp³-hybridized carbons (Fsp3) is 0.286. The van der Waals surface area contributed by atoms with Crippen molar-refractivity contribution in [3.8, 4) is 0 Å². The summed E-state index contributed by atoms with van der Waals surface area (Å²) in [6.07, 6.45) is 4.08. The Labute approximate surface area is 107 Å². The molecule has 18 heavy (non-hydrogen) atoms. The third-order valence-corrected chi connectivity index (χ3v) is 2.88. The smallest absolute Gasteiger partial charge is 0.220 e. The predicted molar refractivity (Wildman–Crippen MR) is 69.9 cm³/mol. The van der Waals surface area contributed by atoms with Gasteiger partial charge >= 0.3 is 0 Å². The standard InChI is InChI=1S/C14H17N3O/c1-3-12(18)16-13(11-7-5-4-6-8-11)14-15-9-10-17(14)2/h4-10,13H,3H2,1-2H3,(H,16,18)/t13-/m1/s1. The lowest BCUT2D eigenvalue weighted by Gasteiger charge is -2.18. The van der Waals surface area contributed by atoms with Crippen molar-refractivity contribution in [3.05, 3.63) is 54.1 Å². The van der Waals surface area contributed by atoms with Crippen molar-refractivity contribution in [1.82, 2.24) is 14.9 Å². The largest absolute Gasteiger partial charge is 0.342 e. The van der Waals surface area contributed by atoms with Gasteiger partial charge in [-0.1, -0.05) is 37.3 Å². The number of nitrogens with zero attached hydrogens (tertiary/aromatic N) is 2. The van der Waals surface area contributed by atoms with E-state index < -0.39 is 0 Å². The van der Waals surface area contributed by atoms with Gasteiger partial charge in [0.15, 0.2) is 0 Å². The Bertz CT molecular complexity index is 519. The molecule has 1 aromatic heterocycles. The van der Waals surface area contributed by atoms with Crippen LogP contribution in [0.5, 0.6) is 0 Å². The van der Waals surface area contributed by atoms with Gasteiger partial charge < -0.3 is 9.88 Å². The lowest BCUT2D eigenvalue weighted by molar-refractivity contribution is -0.121. The Morgan fingerprint density at radius 1 is 1.39 bits per heavy atom. The monoisotopic (exact) mass is 243 g/mol. The molecule has 0 fully saturated rings. The molecule has 0 aliphatic rings. The van der Waals surface area contributed by atoms with E-state index in [4.69, 9.17) is 0 Å². The first kappa shape index (κ1) is 12.4. The van der Waals surface area contributed by atoms with Crippen molar-refractivity contribution in [2.75, 3.05) is 0 Å². The first-order valence-corrected chi connectivity index (χ1v) is 6.04. The summed E-state index contributed by atoms with van der Waals surface area (Å²) in [5, 5.41) is 3.00. The summed E-state index contributed by atoms with van der Waals surface area (Å²) in [6.45, 7) is 1.84. The van der Waals surface area contributed by atoms with Crippen molar-refractivity contribution < 1.29 is 4.79 Å². The van der Waals surface area contributed by atoms with Crippen LogP contribution < -0.4 is 5.32 Å². The molecule has 0 spiro atoms. The van der Waals surface area contributed by atoms with Gasteiger partial charge in [0.05, 0.1) is 0 Å². The van der Waals surface area contributed by atoms with Gasteiger partial charge in [-0.25, -0.2) is 4.98 Å². The molecule has 1 aromatic carbocycles. The highest BCUT2D eigenvalue weighted by molar-refractivity contribution is 5.76. The van der Waals surface area contributed by atoms with Crippen molar-refractivity contribution in [1.29, 1.82) is 0 Å². The highest BCUT2D eigenvalue weighted by Gasteiger charge is 2.19. The highest BCUT2D eigenvalue weighted by Crippen LogP contribution is 2.20. The molecule has 94 valence electrons. The van der Waals surface area contributed by atoms with Crippen LogP contribution in [0.4, 0.5) is 0 Å². The molecule has 1 heterocycles. The summed E-state index contributed by atoms with van der Waals surface area (Å²) < 4.78 is 1.92. The maximum atomic E-state index is 11.7. The van der Waals surface area contributed by atoms with E-state index in [9.17, 15) is 4.79 Å². The van der Waals surface area contributed by atoms with E-state index in [1.807, 2.05) is 55.1 Å². The molecule has 1 atom stereocenters. The normalized spacial score (nSPS) is 12.1. The van der Waals surface area contributed by atoms with Crippen LogP contribution >= 0.6 is 0 Å². The maximum Gasteiger partial charge on any atom is 0.220 e. The van der Waals surface area contributed by atoms with Gasteiger partial charge in [0.1, 0.15) is 11.9 Å². The minimum atomic E-state index is -0.196. The molecular weight excluding hydrogens is 226 g/mol. The molecule has 2 aromatic rings. The lowest BCUT2D eigenvalue weighted by Crippen LogP contribution is -2.30. The SMILES string of the molecule is CCC(=O)N[C@H](c1ccccc1)c1nccn1C. The molecule has 2 rings (SSSR count). The zero-order chi connectivity index (χ0) is 13.0. The number of hydrogen-bond acceptors (Lipinski definition) is 2. The van der Waals surface area contributed by atoms with Crippen LogP contribution in [0.25, 0.3) is 0 Å². The number of benzene rings is 1. The number of imidazole rings is 1. The number of carbonyl (C=O) groups is 1. The average Bonchev–Trinajstić information content (AvgIpc) is 2.83. The van der Waals surface area contributed by atoms with Crippen LogP contribution in [0.15, 0.2) is 42.7 Å².